The van der Waals surface area contributed by atoms with Gasteiger partial charge in [-0.15, -0.1) is 11.3 Å². The maximum absolute atomic E-state index is 12.7. The van der Waals surface area contributed by atoms with Crippen LogP contribution in [0.3, 0.4) is 0 Å². The van der Waals surface area contributed by atoms with E-state index >= 15 is 0 Å². The monoisotopic (exact) mass is 481 g/mol. The zero-order chi connectivity index (χ0) is 23.8. The van der Waals surface area contributed by atoms with Crippen LogP contribution in [0.15, 0.2) is 24.5 Å². The first-order chi connectivity index (χ1) is 16.5. The van der Waals surface area contributed by atoms with Crippen molar-refractivity contribution in [1.82, 2.24) is 14.9 Å². The van der Waals surface area contributed by atoms with Gasteiger partial charge in [0.15, 0.2) is 0 Å². The van der Waals surface area contributed by atoms with Crippen LogP contribution < -0.4 is 16.0 Å². The number of amides is 1. The molecule has 1 aliphatic carbocycles. The van der Waals surface area contributed by atoms with Gasteiger partial charge in [-0.3, -0.25) is 4.79 Å². The Morgan fingerprint density at radius 1 is 1.21 bits per heavy atom. The number of benzene rings is 1. The maximum Gasteiger partial charge on any atom is 0.343 e. The van der Waals surface area contributed by atoms with Crippen molar-refractivity contribution in [3.8, 4) is 10.4 Å². The molecule has 1 amide bonds. The van der Waals surface area contributed by atoms with Crippen molar-refractivity contribution in [3.05, 3.63) is 30.1 Å². The number of carbonyl (C=O) groups is 2. The Balaban J connectivity index is 1.50. The second-order valence-electron chi connectivity index (χ2n) is 9.30. The number of nitrogens with two attached hydrogens (primary N) is 1. The van der Waals surface area contributed by atoms with Gasteiger partial charge in [0.05, 0.1) is 35.0 Å². The van der Waals surface area contributed by atoms with Crippen LogP contribution in [0.25, 0.3) is 21.5 Å². The van der Waals surface area contributed by atoms with Gasteiger partial charge >= 0.3 is 5.97 Å². The molecule has 2 aromatic heterocycles. The molecule has 34 heavy (non-hydrogen) atoms. The molecular weight excluding hydrogens is 450 g/mol. The predicted octanol–water partition coefficient (Wildman–Crippen LogP) is 4.35. The van der Waals surface area contributed by atoms with Gasteiger partial charge < -0.3 is 25.3 Å². The molecule has 1 atom stereocenters. The van der Waals surface area contributed by atoms with E-state index in [-0.39, 0.29) is 11.9 Å². The highest BCUT2D eigenvalue weighted by Gasteiger charge is 2.32. The predicted molar refractivity (Wildman–Crippen MR) is 135 cm³/mol. The third kappa shape index (κ3) is 4.13. The summed E-state index contributed by atoms with van der Waals surface area (Å²) in [6.07, 6.45) is 9.04. The Hall–Kier alpha value is -3.07. The van der Waals surface area contributed by atoms with Crippen LogP contribution in [0.1, 0.15) is 61.8 Å². The molecule has 1 saturated heterocycles. The Bertz CT molecular complexity index is 1230. The first-order valence-electron chi connectivity index (χ1n) is 12.0. The quantitative estimate of drug-likeness (QED) is 0.525. The molecule has 0 bridgehead atoms. The number of ether oxygens (including phenoxy) is 1. The molecule has 3 heterocycles. The van der Waals surface area contributed by atoms with Gasteiger partial charge in [-0.25, -0.2) is 9.78 Å². The minimum atomic E-state index is -0.444. The lowest BCUT2D eigenvalue weighted by Crippen LogP contribution is -2.35. The van der Waals surface area contributed by atoms with Gasteiger partial charge in [0, 0.05) is 32.1 Å². The van der Waals surface area contributed by atoms with E-state index in [1.54, 1.807) is 0 Å². The minimum Gasteiger partial charge on any atom is -0.465 e. The summed E-state index contributed by atoms with van der Waals surface area (Å²) in [5.41, 5.74) is 10.4. The van der Waals surface area contributed by atoms with Crippen molar-refractivity contribution in [2.24, 2.45) is 0 Å². The average molecular weight is 482 g/mol. The molecule has 0 radical (unpaired) electrons. The lowest BCUT2D eigenvalue weighted by Gasteiger charge is -2.23. The van der Waals surface area contributed by atoms with E-state index in [1.807, 2.05) is 6.33 Å². The number of thiophene rings is 1. The van der Waals surface area contributed by atoms with Crippen LogP contribution in [0.2, 0.25) is 0 Å². The van der Waals surface area contributed by atoms with E-state index in [4.69, 9.17) is 10.5 Å². The van der Waals surface area contributed by atoms with E-state index in [2.05, 4.69) is 38.0 Å². The molecule has 9 heteroatoms. The number of carbonyl (C=O) groups excluding carboxylic acids is 2. The number of hydrogen-bond acceptors (Lipinski definition) is 7. The number of anilines is 2. The van der Waals surface area contributed by atoms with Crippen LogP contribution in [0, 0.1) is 0 Å². The number of nitrogen functional groups attached to an aromatic ring is 1. The molecule has 0 unspecified atom stereocenters. The van der Waals surface area contributed by atoms with Crippen LogP contribution in [0.4, 0.5) is 10.7 Å². The van der Waals surface area contributed by atoms with E-state index in [0.717, 1.165) is 39.4 Å². The summed E-state index contributed by atoms with van der Waals surface area (Å²) < 4.78 is 7.39. The molecule has 3 N–H and O–H groups in total. The van der Waals surface area contributed by atoms with Gasteiger partial charge in [-0.2, -0.15) is 0 Å². The van der Waals surface area contributed by atoms with Crippen LogP contribution in [-0.4, -0.2) is 47.7 Å². The van der Waals surface area contributed by atoms with Crippen molar-refractivity contribution >= 4 is 44.9 Å². The van der Waals surface area contributed by atoms with Gasteiger partial charge in [-0.05, 0) is 37.0 Å². The zero-order valence-corrected chi connectivity index (χ0v) is 20.5. The summed E-state index contributed by atoms with van der Waals surface area (Å²) in [5, 5.41) is 3.76. The third-order valence-corrected chi connectivity index (χ3v) is 8.32. The summed E-state index contributed by atoms with van der Waals surface area (Å²) in [6, 6.07) is 6.81. The maximum atomic E-state index is 12.7. The van der Waals surface area contributed by atoms with Crippen LogP contribution in [-0.2, 0) is 9.53 Å². The lowest BCUT2D eigenvalue weighted by atomic mass is 9.95. The molecule has 180 valence electrons. The highest BCUT2D eigenvalue weighted by molar-refractivity contribution is 7.20. The molecule has 0 spiro atoms. The van der Waals surface area contributed by atoms with Gasteiger partial charge in [-0.1, -0.05) is 25.3 Å². The minimum absolute atomic E-state index is 0.0487. The summed E-state index contributed by atoms with van der Waals surface area (Å²) in [7, 11) is 1.37. The van der Waals surface area contributed by atoms with Gasteiger partial charge in [0.2, 0.25) is 5.91 Å². The fraction of sp³-hybridized carbons (Fsp3) is 0.480. The van der Waals surface area contributed by atoms with Crippen LogP contribution >= 0.6 is 11.3 Å². The van der Waals surface area contributed by atoms with E-state index < -0.39 is 5.97 Å². The number of nitrogens with zero attached hydrogens (tertiary/aromatic N) is 3. The van der Waals surface area contributed by atoms with Crippen molar-refractivity contribution in [2.45, 2.75) is 57.5 Å². The van der Waals surface area contributed by atoms with Crippen molar-refractivity contribution < 1.29 is 14.3 Å². The molecule has 3 aromatic rings. The molecule has 2 fully saturated rings. The zero-order valence-electron chi connectivity index (χ0n) is 19.7. The molecule has 1 aliphatic heterocycles. The van der Waals surface area contributed by atoms with Gasteiger partial charge in [0.25, 0.3) is 0 Å². The van der Waals surface area contributed by atoms with E-state index in [1.165, 1.54) is 57.5 Å². The third-order valence-electron chi connectivity index (χ3n) is 7.00. The fourth-order valence-electron chi connectivity index (χ4n) is 5.34. The smallest absolute Gasteiger partial charge is 0.343 e. The topological polar surface area (TPSA) is 102 Å². The summed E-state index contributed by atoms with van der Waals surface area (Å²) >= 11 is 1.50. The number of hydrogen-bond donors (Lipinski definition) is 2. The summed E-state index contributed by atoms with van der Waals surface area (Å²) in [5.74, 6) is -0.493. The van der Waals surface area contributed by atoms with E-state index in [9.17, 15) is 9.59 Å². The molecule has 5 rings (SSSR count). The molecule has 8 nitrogen and oxygen atoms in total. The van der Waals surface area contributed by atoms with E-state index in [0.29, 0.717) is 23.8 Å². The standard InChI is InChI=1S/C25H31N5O3S/c1-15(31)28-17-10-11-29(13-17)24-21(25(32)33-2)22(26)23(34-24)16-8-9-20-19(12-16)27-14-30(20)18-6-4-3-5-7-18/h8-9,12,14,17-18H,3-7,10-11,13,26H2,1-2H3,(H,28,31)/t17-/m0/s1. The SMILES string of the molecule is COC(=O)c1c(N2CC[C@H](NC(C)=O)C2)sc(-c2ccc3c(c2)ncn3C2CCCCC2)c1N. The second-order valence-corrected chi connectivity index (χ2v) is 10.3. The number of fused-ring (bicyclic) bond motifs is 1. The Kier molecular flexibility index (Phi) is 6.20. The Labute approximate surface area is 203 Å². The van der Waals surface area contributed by atoms with Crippen molar-refractivity contribution in [2.75, 3.05) is 30.8 Å². The Morgan fingerprint density at radius 3 is 2.74 bits per heavy atom. The molecular formula is C25H31N5O3S. The molecule has 1 aromatic carbocycles. The second kappa shape index (κ2) is 9.29. The number of imidazole rings is 1. The average Bonchev–Trinajstić information content (AvgIpc) is 3.55. The number of aromatic nitrogens is 2. The normalized spacial score (nSPS) is 19.0. The summed E-state index contributed by atoms with van der Waals surface area (Å²) in [6.45, 7) is 2.89. The number of rotatable bonds is 5. The largest absolute Gasteiger partial charge is 0.465 e. The highest BCUT2D eigenvalue weighted by Crippen LogP contribution is 2.46. The lowest BCUT2D eigenvalue weighted by molar-refractivity contribution is -0.119. The number of esters is 1. The summed E-state index contributed by atoms with van der Waals surface area (Å²) in [4.78, 5) is 31.8. The molecule has 2 aliphatic rings. The van der Waals surface area contributed by atoms with Crippen LogP contribution in [0.5, 0.6) is 0 Å². The Morgan fingerprint density at radius 2 is 2.00 bits per heavy atom. The molecule has 1 saturated carbocycles. The number of methoxy groups -OCH3 is 1. The first-order valence-corrected chi connectivity index (χ1v) is 12.8. The van der Waals surface area contributed by atoms with Gasteiger partial charge in [0.1, 0.15) is 10.6 Å². The number of nitrogens with one attached hydrogen (secondary N) is 1. The van der Waals surface area contributed by atoms with Crippen molar-refractivity contribution in [3.63, 3.8) is 0 Å². The highest BCUT2D eigenvalue weighted by atomic mass is 32.1. The fourth-order valence-corrected chi connectivity index (χ4v) is 6.58. The first kappa shape index (κ1) is 22.7. The van der Waals surface area contributed by atoms with Crippen molar-refractivity contribution in [1.29, 1.82) is 0 Å².